The molecule has 0 heterocycles. The number of ether oxygens (including phenoxy) is 2. The lowest BCUT2D eigenvalue weighted by atomic mass is 10.2. The molecule has 0 radical (unpaired) electrons. The molecule has 0 saturated heterocycles. The molecule has 0 saturated carbocycles. The van der Waals surface area contributed by atoms with Crippen molar-refractivity contribution in [3.05, 3.63) is 28.5 Å². The zero-order chi connectivity index (χ0) is 14.6. The number of rotatable bonds is 4. The maximum absolute atomic E-state index is 13.1. The van der Waals surface area contributed by atoms with Crippen molar-refractivity contribution in [1.82, 2.24) is 0 Å². The molecule has 0 aliphatic heterocycles. The second-order valence-electron chi connectivity index (χ2n) is 3.65. The van der Waals surface area contributed by atoms with E-state index in [4.69, 9.17) is 22.1 Å². The largest absolute Gasteiger partial charge is 0.463 e. The number of benzene rings is 1. The van der Waals surface area contributed by atoms with Gasteiger partial charge in [-0.25, -0.2) is 14.0 Å². The summed E-state index contributed by atoms with van der Waals surface area (Å²) in [6.45, 7) is 3.16. The highest BCUT2D eigenvalue weighted by Gasteiger charge is 2.22. The maximum Gasteiger partial charge on any atom is 0.347 e. The first-order valence-electron chi connectivity index (χ1n) is 5.49. The maximum atomic E-state index is 13.1. The van der Waals surface area contributed by atoms with Crippen LogP contribution in [0.1, 0.15) is 24.2 Å². The van der Waals surface area contributed by atoms with Crippen LogP contribution in [0.3, 0.4) is 0 Å². The Bertz CT molecular complexity index is 507. The normalized spacial score (nSPS) is 11.8. The fraction of sp³-hybridized carbons (Fsp3) is 0.333. The second-order valence-corrected chi connectivity index (χ2v) is 4.06. The van der Waals surface area contributed by atoms with Crippen molar-refractivity contribution in [2.24, 2.45) is 0 Å². The zero-order valence-corrected chi connectivity index (χ0v) is 11.2. The van der Waals surface area contributed by atoms with Gasteiger partial charge in [0.25, 0.3) is 0 Å². The predicted molar refractivity (Wildman–Crippen MR) is 67.3 cm³/mol. The van der Waals surface area contributed by atoms with Crippen LogP contribution in [0.25, 0.3) is 0 Å². The van der Waals surface area contributed by atoms with Gasteiger partial charge in [-0.15, -0.1) is 0 Å². The molecule has 1 rings (SSSR count). The summed E-state index contributed by atoms with van der Waals surface area (Å²) < 4.78 is 22.6. The third-order valence-electron chi connectivity index (χ3n) is 2.21. The quantitative estimate of drug-likeness (QED) is 0.679. The van der Waals surface area contributed by atoms with Crippen molar-refractivity contribution < 1.29 is 23.5 Å². The zero-order valence-electron chi connectivity index (χ0n) is 10.4. The Morgan fingerprint density at radius 3 is 2.68 bits per heavy atom. The van der Waals surface area contributed by atoms with E-state index in [1.807, 2.05) is 0 Å². The molecular formula is C12H13ClFNO4. The van der Waals surface area contributed by atoms with Crippen LogP contribution in [0.4, 0.5) is 10.1 Å². The number of carbonyl (C=O) groups excluding carboxylic acids is 2. The number of nitrogen functional groups attached to an aromatic ring is 1. The average molecular weight is 290 g/mol. The first-order chi connectivity index (χ1) is 8.86. The molecule has 0 fully saturated rings. The minimum absolute atomic E-state index is 0.114. The lowest BCUT2D eigenvalue weighted by Crippen LogP contribution is -2.26. The summed E-state index contributed by atoms with van der Waals surface area (Å²) in [5.41, 5.74) is 4.98. The summed E-state index contributed by atoms with van der Waals surface area (Å²) in [6, 6.07) is 1.96. The number of anilines is 1. The summed E-state index contributed by atoms with van der Waals surface area (Å²) >= 11 is 5.71. The highest BCUT2D eigenvalue weighted by molar-refractivity contribution is 6.33. The van der Waals surface area contributed by atoms with E-state index in [0.717, 1.165) is 12.1 Å². The van der Waals surface area contributed by atoms with Crippen LogP contribution in [0.2, 0.25) is 5.02 Å². The highest BCUT2D eigenvalue weighted by atomic mass is 35.5. The third-order valence-corrected chi connectivity index (χ3v) is 2.52. The fourth-order valence-electron chi connectivity index (χ4n) is 1.25. The summed E-state index contributed by atoms with van der Waals surface area (Å²) in [6.07, 6.45) is -1.09. The molecule has 1 aromatic rings. The van der Waals surface area contributed by atoms with Gasteiger partial charge in [0, 0.05) is 0 Å². The van der Waals surface area contributed by atoms with Gasteiger partial charge in [0.05, 0.1) is 22.9 Å². The molecule has 0 aromatic heterocycles. The number of esters is 2. The molecule has 1 unspecified atom stereocenters. The first-order valence-corrected chi connectivity index (χ1v) is 5.86. The van der Waals surface area contributed by atoms with E-state index < -0.39 is 23.9 Å². The van der Waals surface area contributed by atoms with Gasteiger partial charge in [-0.1, -0.05) is 11.6 Å². The van der Waals surface area contributed by atoms with Crippen molar-refractivity contribution in [2.75, 3.05) is 12.3 Å². The van der Waals surface area contributed by atoms with E-state index in [1.165, 1.54) is 6.92 Å². The van der Waals surface area contributed by atoms with E-state index in [-0.39, 0.29) is 22.9 Å². The minimum Gasteiger partial charge on any atom is -0.463 e. The summed E-state index contributed by atoms with van der Waals surface area (Å²) in [7, 11) is 0. The van der Waals surface area contributed by atoms with Crippen LogP contribution in [-0.2, 0) is 14.3 Å². The van der Waals surface area contributed by atoms with Crippen LogP contribution in [0, 0.1) is 5.82 Å². The average Bonchev–Trinajstić information content (AvgIpc) is 2.33. The van der Waals surface area contributed by atoms with Gasteiger partial charge in [-0.05, 0) is 26.0 Å². The molecule has 1 atom stereocenters. The topological polar surface area (TPSA) is 78.6 Å². The highest BCUT2D eigenvalue weighted by Crippen LogP contribution is 2.23. The molecule has 7 heteroatoms. The Kier molecular flexibility index (Phi) is 5.11. The van der Waals surface area contributed by atoms with Crippen LogP contribution in [0.5, 0.6) is 0 Å². The van der Waals surface area contributed by atoms with E-state index >= 15 is 0 Å². The smallest absolute Gasteiger partial charge is 0.347 e. The number of nitrogens with two attached hydrogens (primary N) is 1. The van der Waals surface area contributed by atoms with Gasteiger partial charge in [0.1, 0.15) is 5.82 Å². The first kappa shape index (κ1) is 15.2. The molecule has 5 nitrogen and oxygen atoms in total. The molecule has 0 aliphatic rings. The van der Waals surface area contributed by atoms with Crippen LogP contribution in [-0.4, -0.2) is 24.6 Å². The molecule has 0 spiro atoms. The Morgan fingerprint density at radius 2 is 2.11 bits per heavy atom. The summed E-state index contributed by atoms with van der Waals surface area (Å²) in [4.78, 5) is 23.1. The van der Waals surface area contributed by atoms with Crippen molar-refractivity contribution in [2.45, 2.75) is 20.0 Å². The minimum atomic E-state index is -1.09. The van der Waals surface area contributed by atoms with Crippen LogP contribution in [0.15, 0.2) is 12.1 Å². The van der Waals surface area contributed by atoms with E-state index in [2.05, 4.69) is 4.74 Å². The van der Waals surface area contributed by atoms with Gasteiger partial charge in [0.15, 0.2) is 6.10 Å². The molecule has 0 amide bonds. The molecule has 0 bridgehead atoms. The van der Waals surface area contributed by atoms with E-state index in [0.29, 0.717) is 0 Å². The molecule has 19 heavy (non-hydrogen) atoms. The SMILES string of the molecule is CCOC(=O)C(C)OC(=O)c1cc(N)c(F)cc1Cl. The lowest BCUT2D eigenvalue weighted by Gasteiger charge is -2.13. The van der Waals surface area contributed by atoms with Crippen LogP contribution < -0.4 is 5.73 Å². The third kappa shape index (κ3) is 3.82. The molecule has 0 aliphatic carbocycles. The monoisotopic (exact) mass is 289 g/mol. The van der Waals surface area contributed by atoms with E-state index in [9.17, 15) is 14.0 Å². The van der Waals surface area contributed by atoms with Gasteiger partial charge in [0.2, 0.25) is 0 Å². The standard InChI is InChI=1S/C12H13ClFNO4/c1-3-18-11(16)6(2)19-12(17)7-4-10(15)9(14)5-8(7)13/h4-6H,3,15H2,1-2H3. The van der Waals surface area contributed by atoms with Crippen molar-refractivity contribution in [1.29, 1.82) is 0 Å². The summed E-state index contributed by atoms with van der Waals surface area (Å²) in [5, 5.41) is -0.146. The Labute approximate surface area is 114 Å². The van der Waals surface area contributed by atoms with Crippen molar-refractivity contribution >= 4 is 29.2 Å². The number of carbonyl (C=O) groups is 2. The Balaban J connectivity index is 2.84. The molecule has 1 aromatic carbocycles. The number of hydrogen-bond acceptors (Lipinski definition) is 5. The van der Waals surface area contributed by atoms with Gasteiger partial charge >= 0.3 is 11.9 Å². The molecule has 2 N–H and O–H groups in total. The van der Waals surface area contributed by atoms with Crippen molar-refractivity contribution in [3.63, 3.8) is 0 Å². The Hall–Kier alpha value is -1.82. The Morgan fingerprint density at radius 1 is 1.47 bits per heavy atom. The molecular weight excluding hydrogens is 277 g/mol. The van der Waals surface area contributed by atoms with E-state index in [1.54, 1.807) is 6.92 Å². The predicted octanol–water partition coefficient (Wildman–Crippen LogP) is 2.17. The number of halogens is 2. The van der Waals surface area contributed by atoms with Crippen molar-refractivity contribution in [3.8, 4) is 0 Å². The van der Waals surface area contributed by atoms with Gasteiger partial charge in [-0.2, -0.15) is 0 Å². The number of hydrogen-bond donors (Lipinski definition) is 1. The molecule has 104 valence electrons. The van der Waals surface area contributed by atoms with Crippen LogP contribution >= 0.6 is 11.6 Å². The fourth-order valence-corrected chi connectivity index (χ4v) is 1.48. The lowest BCUT2D eigenvalue weighted by molar-refractivity contribution is -0.152. The van der Waals surface area contributed by atoms with Gasteiger partial charge in [-0.3, -0.25) is 0 Å². The summed E-state index contributed by atoms with van der Waals surface area (Å²) in [5.74, 6) is -2.29. The second kappa shape index (κ2) is 6.38. The van der Waals surface area contributed by atoms with Gasteiger partial charge < -0.3 is 15.2 Å².